The number of carbonyl (C=O) groups excluding carboxylic acids is 1. The Morgan fingerprint density at radius 3 is 2.54 bits per heavy atom. The Balaban J connectivity index is 1.35. The van der Waals surface area contributed by atoms with Crippen molar-refractivity contribution in [1.29, 1.82) is 0 Å². The first-order valence-corrected chi connectivity index (χ1v) is 8.41. The lowest BCUT2D eigenvalue weighted by Gasteiger charge is -2.19. The number of nitrogens with one attached hydrogen (secondary N) is 2. The average Bonchev–Trinajstić information content (AvgIpc) is 2.70. The topological polar surface area (TPSA) is 78.1 Å². The second-order valence-electron chi connectivity index (χ2n) is 5.59. The van der Waals surface area contributed by atoms with Crippen molar-refractivity contribution in [3.8, 4) is 23.0 Å². The van der Waals surface area contributed by atoms with Gasteiger partial charge in [-0.25, -0.2) is 0 Å². The van der Waals surface area contributed by atoms with E-state index in [1.165, 1.54) is 0 Å². The summed E-state index contributed by atoms with van der Waals surface area (Å²) in [5.41, 5.74) is 0.805. The first-order chi connectivity index (χ1) is 12.7. The summed E-state index contributed by atoms with van der Waals surface area (Å²) in [6.45, 7) is 2.07. The van der Waals surface area contributed by atoms with Crippen LogP contribution in [-0.4, -0.2) is 45.9 Å². The SMILES string of the molecule is COc1ccc(OCCNC(=O)CNc2ccc3c(c2)OCCO3)cc1. The average molecular weight is 358 g/mol. The number of fused-ring (bicyclic) bond motifs is 1. The predicted molar refractivity (Wildman–Crippen MR) is 97.4 cm³/mol. The van der Waals surface area contributed by atoms with E-state index in [1.54, 1.807) is 7.11 Å². The summed E-state index contributed by atoms with van der Waals surface area (Å²) in [5, 5.41) is 5.86. The number of amides is 1. The molecule has 26 heavy (non-hydrogen) atoms. The monoisotopic (exact) mass is 358 g/mol. The second-order valence-corrected chi connectivity index (χ2v) is 5.59. The van der Waals surface area contributed by atoms with E-state index in [2.05, 4.69) is 10.6 Å². The fraction of sp³-hybridized carbons (Fsp3) is 0.316. The summed E-state index contributed by atoms with van der Waals surface area (Å²) >= 11 is 0. The number of hydrogen-bond donors (Lipinski definition) is 2. The molecule has 1 amide bonds. The molecular weight excluding hydrogens is 336 g/mol. The maximum atomic E-state index is 11.9. The quantitative estimate of drug-likeness (QED) is 0.704. The molecule has 0 spiro atoms. The molecule has 0 aliphatic carbocycles. The van der Waals surface area contributed by atoms with Crippen molar-refractivity contribution in [3.05, 3.63) is 42.5 Å². The van der Waals surface area contributed by atoms with Crippen LogP contribution in [0.1, 0.15) is 0 Å². The molecule has 0 unspecified atom stereocenters. The maximum Gasteiger partial charge on any atom is 0.239 e. The fourth-order valence-electron chi connectivity index (χ4n) is 2.43. The van der Waals surface area contributed by atoms with Gasteiger partial charge in [0, 0.05) is 11.8 Å². The van der Waals surface area contributed by atoms with E-state index in [1.807, 2.05) is 42.5 Å². The van der Waals surface area contributed by atoms with Crippen molar-refractivity contribution in [2.45, 2.75) is 0 Å². The van der Waals surface area contributed by atoms with Gasteiger partial charge in [0.15, 0.2) is 11.5 Å². The summed E-state index contributed by atoms with van der Waals surface area (Å²) in [6, 6.07) is 12.8. The minimum Gasteiger partial charge on any atom is -0.497 e. The molecule has 7 heteroatoms. The van der Waals surface area contributed by atoms with Crippen LogP contribution >= 0.6 is 0 Å². The number of rotatable bonds is 8. The van der Waals surface area contributed by atoms with Crippen molar-refractivity contribution in [1.82, 2.24) is 5.32 Å². The number of benzene rings is 2. The van der Waals surface area contributed by atoms with Gasteiger partial charge in [-0.1, -0.05) is 0 Å². The van der Waals surface area contributed by atoms with E-state index in [-0.39, 0.29) is 12.5 Å². The van der Waals surface area contributed by atoms with Crippen LogP contribution in [0.4, 0.5) is 5.69 Å². The largest absolute Gasteiger partial charge is 0.497 e. The summed E-state index contributed by atoms with van der Waals surface area (Å²) in [7, 11) is 1.62. The molecule has 1 heterocycles. The summed E-state index contributed by atoms with van der Waals surface area (Å²) in [5.74, 6) is 2.81. The zero-order valence-electron chi connectivity index (χ0n) is 14.6. The van der Waals surface area contributed by atoms with E-state index in [0.717, 1.165) is 22.9 Å². The van der Waals surface area contributed by atoms with Crippen molar-refractivity contribution in [3.63, 3.8) is 0 Å². The van der Waals surface area contributed by atoms with Crippen LogP contribution in [-0.2, 0) is 4.79 Å². The van der Waals surface area contributed by atoms with Crippen LogP contribution in [0.5, 0.6) is 23.0 Å². The number of ether oxygens (including phenoxy) is 4. The molecule has 2 aromatic carbocycles. The van der Waals surface area contributed by atoms with E-state index in [4.69, 9.17) is 18.9 Å². The normalized spacial score (nSPS) is 12.2. The molecule has 1 aliphatic heterocycles. The predicted octanol–water partition coefficient (Wildman–Crippen LogP) is 2.07. The molecule has 2 aromatic rings. The smallest absolute Gasteiger partial charge is 0.239 e. The zero-order valence-corrected chi connectivity index (χ0v) is 14.6. The number of anilines is 1. The van der Waals surface area contributed by atoms with E-state index in [0.29, 0.717) is 32.1 Å². The van der Waals surface area contributed by atoms with E-state index in [9.17, 15) is 4.79 Å². The van der Waals surface area contributed by atoms with Crippen LogP contribution < -0.4 is 29.6 Å². The highest BCUT2D eigenvalue weighted by Gasteiger charge is 2.11. The highest BCUT2D eigenvalue weighted by molar-refractivity contribution is 5.80. The molecule has 0 atom stereocenters. The first kappa shape index (κ1) is 17.7. The Morgan fingerprint density at radius 2 is 1.77 bits per heavy atom. The van der Waals surface area contributed by atoms with Crippen molar-refractivity contribution in [2.75, 3.05) is 45.3 Å². The Labute approximate surface area is 152 Å². The second kappa shape index (κ2) is 8.84. The Hall–Kier alpha value is -3.09. The minimum atomic E-state index is -0.113. The maximum absolute atomic E-state index is 11.9. The Kier molecular flexibility index (Phi) is 6.03. The highest BCUT2D eigenvalue weighted by atomic mass is 16.6. The number of hydrogen-bond acceptors (Lipinski definition) is 6. The molecule has 0 saturated carbocycles. The third kappa shape index (κ3) is 4.95. The summed E-state index contributed by atoms with van der Waals surface area (Å²) in [4.78, 5) is 11.9. The Bertz CT molecular complexity index is 733. The van der Waals surface area contributed by atoms with Crippen molar-refractivity contribution in [2.24, 2.45) is 0 Å². The molecule has 3 rings (SSSR count). The molecule has 0 radical (unpaired) electrons. The van der Waals surface area contributed by atoms with Crippen LogP contribution in [0.15, 0.2) is 42.5 Å². The van der Waals surface area contributed by atoms with Crippen molar-refractivity contribution < 1.29 is 23.7 Å². The summed E-state index contributed by atoms with van der Waals surface area (Å²) < 4.78 is 21.6. The van der Waals surface area contributed by atoms with Gasteiger partial charge in [0.05, 0.1) is 20.2 Å². The molecule has 1 aliphatic rings. The summed E-state index contributed by atoms with van der Waals surface area (Å²) in [6.07, 6.45) is 0. The van der Waals surface area contributed by atoms with Gasteiger partial charge in [0.25, 0.3) is 0 Å². The van der Waals surface area contributed by atoms with Gasteiger partial charge in [0.2, 0.25) is 5.91 Å². The molecule has 0 bridgehead atoms. The van der Waals surface area contributed by atoms with E-state index >= 15 is 0 Å². The lowest BCUT2D eigenvalue weighted by molar-refractivity contribution is -0.119. The van der Waals surface area contributed by atoms with Crippen LogP contribution in [0.2, 0.25) is 0 Å². The molecule has 138 valence electrons. The third-order valence-electron chi connectivity index (χ3n) is 3.75. The van der Waals surface area contributed by atoms with Crippen molar-refractivity contribution >= 4 is 11.6 Å². The van der Waals surface area contributed by atoms with Crippen LogP contribution in [0, 0.1) is 0 Å². The molecule has 7 nitrogen and oxygen atoms in total. The molecule has 2 N–H and O–H groups in total. The molecule has 0 saturated heterocycles. The third-order valence-corrected chi connectivity index (χ3v) is 3.75. The highest BCUT2D eigenvalue weighted by Crippen LogP contribution is 2.32. The Morgan fingerprint density at radius 1 is 1.04 bits per heavy atom. The van der Waals surface area contributed by atoms with Gasteiger partial charge in [0.1, 0.15) is 31.3 Å². The van der Waals surface area contributed by atoms with Crippen LogP contribution in [0.3, 0.4) is 0 Å². The molecular formula is C19H22N2O5. The molecule has 0 fully saturated rings. The van der Waals surface area contributed by atoms with Gasteiger partial charge < -0.3 is 29.6 Å². The van der Waals surface area contributed by atoms with Gasteiger partial charge in [-0.05, 0) is 36.4 Å². The fourth-order valence-corrected chi connectivity index (χ4v) is 2.43. The standard InChI is InChI=1S/C19H22N2O5/c1-23-15-3-5-16(6-4-15)24-9-8-20-19(22)13-21-14-2-7-17-18(12-14)26-11-10-25-17/h2-7,12,21H,8-11,13H2,1H3,(H,20,22). The van der Waals surface area contributed by atoms with Gasteiger partial charge in [-0.3, -0.25) is 4.79 Å². The van der Waals surface area contributed by atoms with Crippen LogP contribution in [0.25, 0.3) is 0 Å². The van der Waals surface area contributed by atoms with Gasteiger partial charge >= 0.3 is 0 Å². The molecule has 0 aromatic heterocycles. The van der Waals surface area contributed by atoms with Gasteiger partial charge in [-0.2, -0.15) is 0 Å². The number of methoxy groups -OCH3 is 1. The lowest BCUT2D eigenvalue weighted by atomic mass is 10.2. The first-order valence-electron chi connectivity index (χ1n) is 8.41. The zero-order chi connectivity index (χ0) is 18.2. The van der Waals surface area contributed by atoms with Gasteiger partial charge in [-0.15, -0.1) is 0 Å². The van der Waals surface area contributed by atoms with E-state index < -0.39 is 0 Å². The number of carbonyl (C=O) groups is 1. The minimum absolute atomic E-state index is 0.113. The lowest BCUT2D eigenvalue weighted by Crippen LogP contribution is -2.33.